The van der Waals surface area contributed by atoms with Gasteiger partial charge in [-0.05, 0) is 41.5 Å². The van der Waals surface area contributed by atoms with Crippen LogP contribution in [0.4, 0.5) is 5.13 Å². The summed E-state index contributed by atoms with van der Waals surface area (Å²) in [7, 11) is 1.59. The van der Waals surface area contributed by atoms with Crippen molar-refractivity contribution in [3.8, 4) is 22.8 Å². The molecule has 0 spiro atoms. The van der Waals surface area contributed by atoms with Crippen LogP contribution in [-0.2, 0) is 11.4 Å². The van der Waals surface area contributed by atoms with E-state index in [1.54, 1.807) is 13.2 Å². The molecule has 5 nitrogen and oxygen atoms in total. The molecule has 1 amide bonds. The van der Waals surface area contributed by atoms with Crippen molar-refractivity contribution >= 4 is 44.4 Å². The third-order valence-electron chi connectivity index (χ3n) is 4.71. The fourth-order valence-corrected chi connectivity index (χ4v) is 4.19. The van der Waals surface area contributed by atoms with E-state index < -0.39 is 0 Å². The number of amides is 1. The Morgan fingerprint density at radius 3 is 2.70 bits per heavy atom. The lowest BCUT2D eigenvalue weighted by Gasteiger charge is -2.11. The molecule has 0 aliphatic rings. The van der Waals surface area contributed by atoms with Gasteiger partial charge >= 0.3 is 0 Å². The number of nitrogens with one attached hydrogen (secondary N) is 1. The van der Waals surface area contributed by atoms with Crippen molar-refractivity contribution in [1.29, 1.82) is 0 Å². The highest BCUT2D eigenvalue weighted by atomic mass is 79.9. The van der Waals surface area contributed by atoms with Gasteiger partial charge in [0.15, 0.2) is 16.6 Å². The number of carbonyl (C=O) groups excluding carboxylic acids is 1. The number of thiazole rings is 1. The third-order valence-corrected chi connectivity index (χ3v) is 5.96. The van der Waals surface area contributed by atoms with Gasteiger partial charge in [0.05, 0.1) is 12.8 Å². The molecule has 0 aliphatic carbocycles. The Labute approximate surface area is 204 Å². The highest BCUT2D eigenvalue weighted by Crippen LogP contribution is 2.30. The van der Waals surface area contributed by atoms with E-state index in [4.69, 9.17) is 9.47 Å². The van der Waals surface area contributed by atoms with E-state index in [0.29, 0.717) is 23.2 Å². The maximum atomic E-state index is 12.4. The van der Waals surface area contributed by atoms with Crippen LogP contribution in [0, 0.1) is 0 Å². The maximum absolute atomic E-state index is 12.4. The molecule has 166 valence electrons. The Morgan fingerprint density at radius 1 is 1.06 bits per heavy atom. The van der Waals surface area contributed by atoms with Crippen molar-refractivity contribution in [1.82, 2.24) is 4.98 Å². The van der Waals surface area contributed by atoms with Gasteiger partial charge in [0.1, 0.15) is 6.61 Å². The quantitative estimate of drug-likeness (QED) is 0.259. The fraction of sp³-hybridized carbons (Fsp3) is 0.0769. The van der Waals surface area contributed by atoms with Gasteiger partial charge < -0.3 is 9.47 Å². The highest BCUT2D eigenvalue weighted by molar-refractivity contribution is 9.10. The number of aromatic nitrogens is 1. The summed E-state index contributed by atoms with van der Waals surface area (Å²) in [5, 5.41) is 5.27. The van der Waals surface area contributed by atoms with Crippen LogP contribution in [0.5, 0.6) is 11.5 Å². The lowest BCUT2D eigenvalue weighted by molar-refractivity contribution is -0.111. The number of carbonyl (C=O) groups is 1. The van der Waals surface area contributed by atoms with Crippen molar-refractivity contribution in [2.45, 2.75) is 6.61 Å². The fourth-order valence-electron chi connectivity index (χ4n) is 3.07. The second kappa shape index (κ2) is 10.9. The molecule has 33 heavy (non-hydrogen) atoms. The van der Waals surface area contributed by atoms with Crippen molar-refractivity contribution < 1.29 is 14.3 Å². The van der Waals surface area contributed by atoms with E-state index >= 15 is 0 Å². The van der Waals surface area contributed by atoms with Gasteiger partial charge in [-0.3, -0.25) is 10.1 Å². The van der Waals surface area contributed by atoms with E-state index in [1.165, 1.54) is 17.4 Å². The van der Waals surface area contributed by atoms with E-state index in [2.05, 4.69) is 26.2 Å². The molecular weight excluding hydrogens is 500 g/mol. The summed E-state index contributed by atoms with van der Waals surface area (Å²) in [6, 6.07) is 23.4. The average molecular weight is 521 g/mol. The lowest BCUT2D eigenvalue weighted by Crippen LogP contribution is -2.07. The van der Waals surface area contributed by atoms with E-state index in [0.717, 1.165) is 26.9 Å². The summed E-state index contributed by atoms with van der Waals surface area (Å²) in [5.41, 5.74) is 3.70. The first-order valence-corrected chi connectivity index (χ1v) is 11.8. The third kappa shape index (κ3) is 6.31. The van der Waals surface area contributed by atoms with Crippen LogP contribution in [0.25, 0.3) is 17.3 Å². The van der Waals surface area contributed by atoms with Crippen molar-refractivity contribution in [3.05, 3.63) is 99.9 Å². The molecule has 0 aliphatic heterocycles. The molecule has 1 heterocycles. The Bertz CT molecular complexity index is 1270. The van der Waals surface area contributed by atoms with Crippen LogP contribution in [0.3, 0.4) is 0 Å². The molecule has 4 aromatic rings. The molecule has 0 fully saturated rings. The summed E-state index contributed by atoms with van der Waals surface area (Å²) < 4.78 is 12.3. The molecule has 1 N–H and O–H groups in total. The Kier molecular flexibility index (Phi) is 7.55. The Morgan fingerprint density at radius 2 is 1.91 bits per heavy atom. The van der Waals surface area contributed by atoms with Gasteiger partial charge in [0.25, 0.3) is 0 Å². The monoisotopic (exact) mass is 520 g/mol. The van der Waals surface area contributed by atoms with Crippen LogP contribution in [0.15, 0.2) is 88.7 Å². The van der Waals surface area contributed by atoms with Crippen LogP contribution < -0.4 is 14.8 Å². The highest BCUT2D eigenvalue weighted by Gasteiger charge is 2.08. The zero-order chi connectivity index (χ0) is 23.0. The van der Waals surface area contributed by atoms with Gasteiger partial charge in [0, 0.05) is 21.5 Å². The standard InChI is InChI=1S/C26H21BrN2O3S/c1-31-24-14-18(10-12-23(24)32-16-19-6-3-2-4-7-19)11-13-25(30)29-26-28-22(17-33-26)20-8-5-9-21(27)15-20/h2-15,17H,16H2,1H3,(H,28,29,30)/b13-11+. The predicted molar refractivity (Wildman–Crippen MR) is 137 cm³/mol. The minimum atomic E-state index is -0.256. The summed E-state index contributed by atoms with van der Waals surface area (Å²) in [6.07, 6.45) is 3.20. The molecular formula is C26H21BrN2O3S. The van der Waals surface area contributed by atoms with Gasteiger partial charge in [-0.1, -0.05) is 64.5 Å². The SMILES string of the molecule is COc1cc(/C=C/C(=O)Nc2nc(-c3cccc(Br)c3)cs2)ccc1OCc1ccccc1. The summed E-state index contributed by atoms with van der Waals surface area (Å²) in [4.78, 5) is 16.9. The molecule has 0 saturated heterocycles. The van der Waals surface area contributed by atoms with Crippen molar-refractivity contribution in [2.75, 3.05) is 12.4 Å². The molecule has 3 aromatic carbocycles. The molecule has 0 saturated carbocycles. The normalized spacial score (nSPS) is 10.8. The average Bonchev–Trinajstić information content (AvgIpc) is 3.30. The number of anilines is 1. The molecule has 4 rings (SSSR count). The number of rotatable bonds is 8. The predicted octanol–water partition coefficient (Wildman–Crippen LogP) is 6.81. The van der Waals surface area contributed by atoms with E-state index in [1.807, 2.05) is 78.2 Å². The second-order valence-corrected chi connectivity index (χ2v) is 8.83. The Balaban J connectivity index is 1.37. The van der Waals surface area contributed by atoms with Gasteiger partial charge in [0.2, 0.25) is 5.91 Å². The van der Waals surface area contributed by atoms with Crippen LogP contribution in [0.2, 0.25) is 0 Å². The van der Waals surface area contributed by atoms with Gasteiger partial charge in [-0.15, -0.1) is 11.3 Å². The number of hydrogen-bond donors (Lipinski definition) is 1. The number of hydrogen-bond acceptors (Lipinski definition) is 5. The van der Waals surface area contributed by atoms with E-state index in [-0.39, 0.29) is 5.91 Å². The molecule has 0 unspecified atom stereocenters. The number of methoxy groups -OCH3 is 1. The van der Waals surface area contributed by atoms with Crippen molar-refractivity contribution in [2.24, 2.45) is 0 Å². The topological polar surface area (TPSA) is 60.5 Å². The van der Waals surface area contributed by atoms with Gasteiger partial charge in [-0.2, -0.15) is 0 Å². The molecule has 0 radical (unpaired) electrons. The van der Waals surface area contributed by atoms with Crippen LogP contribution in [0.1, 0.15) is 11.1 Å². The summed E-state index contributed by atoms with van der Waals surface area (Å²) in [5.74, 6) is 0.992. The van der Waals surface area contributed by atoms with E-state index in [9.17, 15) is 4.79 Å². The zero-order valence-corrected chi connectivity index (χ0v) is 20.2. The zero-order valence-electron chi connectivity index (χ0n) is 17.8. The van der Waals surface area contributed by atoms with Crippen molar-refractivity contribution in [3.63, 3.8) is 0 Å². The molecule has 7 heteroatoms. The number of benzene rings is 3. The minimum absolute atomic E-state index is 0.256. The summed E-state index contributed by atoms with van der Waals surface area (Å²) >= 11 is 4.85. The first-order chi connectivity index (χ1) is 16.1. The molecule has 1 aromatic heterocycles. The Hall–Kier alpha value is -3.42. The number of halogens is 1. The maximum Gasteiger partial charge on any atom is 0.250 e. The van der Waals surface area contributed by atoms with Crippen LogP contribution >= 0.6 is 27.3 Å². The number of nitrogens with zero attached hydrogens (tertiary/aromatic N) is 1. The summed E-state index contributed by atoms with van der Waals surface area (Å²) in [6.45, 7) is 0.449. The second-order valence-electron chi connectivity index (χ2n) is 7.06. The number of ether oxygens (including phenoxy) is 2. The lowest BCUT2D eigenvalue weighted by atomic mass is 10.2. The van der Waals surface area contributed by atoms with Gasteiger partial charge in [-0.25, -0.2) is 4.98 Å². The molecule has 0 bridgehead atoms. The first-order valence-electron chi connectivity index (χ1n) is 10.2. The smallest absolute Gasteiger partial charge is 0.250 e. The van der Waals surface area contributed by atoms with Crippen LogP contribution in [-0.4, -0.2) is 18.0 Å². The minimum Gasteiger partial charge on any atom is -0.493 e. The first kappa shape index (κ1) is 22.8. The largest absolute Gasteiger partial charge is 0.493 e. The molecule has 0 atom stereocenters.